The number of ether oxygens (including phenoxy) is 2. The third-order valence-corrected chi connectivity index (χ3v) is 2.76. The van der Waals surface area contributed by atoms with E-state index in [1.807, 2.05) is 0 Å². The molecule has 1 amide bonds. The number of anilines is 1. The number of methoxy groups -OCH3 is 2. The maximum atomic E-state index is 11.9. The fourth-order valence-electron chi connectivity index (χ4n) is 1.59. The monoisotopic (exact) mass is 281 g/mol. The molecule has 0 aliphatic rings. The highest BCUT2D eigenvalue weighted by molar-refractivity contribution is 5.94. The van der Waals surface area contributed by atoms with Gasteiger partial charge in [-0.3, -0.25) is 4.79 Å². The second-order valence-corrected chi connectivity index (χ2v) is 4.38. The predicted molar refractivity (Wildman–Crippen MR) is 78.0 cm³/mol. The van der Waals surface area contributed by atoms with Crippen molar-refractivity contribution in [3.8, 4) is 0 Å². The van der Waals surface area contributed by atoms with Crippen molar-refractivity contribution in [1.82, 2.24) is 10.3 Å². The molecule has 0 aromatic carbocycles. The first-order valence-corrected chi connectivity index (χ1v) is 6.71. The molecule has 20 heavy (non-hydrogen) atoms. The van der Waals surface area contributed by atoms with Gasteiger partial charge in [-0.05, 0) is 18.6 Å². The highest BCUT2D eigenvalue weighted by Gasteiger charge is 2.11. The van der Waals surface area contributed by atoms with Gasteiger partial charge in [-0.25, -0.2) is 4.98 Å². The van der Waals surface area contributed by atoms with Crippen molar-refractivity contribution < 1.29 is 14.3 Å². The number of aromatic nitrogens is 1. The summed E-state index contributed by atoms with van der Waals surface area (Å²) in [6, 6.07) is 3.55. The van der Waals surface area contributed by atoms with Gasteiger partial charge in [-0.2, -0.15) is 0 Å². The average Bonchev–Trinajstić information content (AvgIpc) is 2.49. The zero-order valence-electron chi connectivity index (χ0n) is 12.3. The largest absolute Gasteiger partial charge is 0.382 e. The third-order valence-electron chi connectivity index (χ3n) is 2.76. The van der Waals surface area contributed by atoms with Gasteiger partial charge in [-0.1, -0.05) is 6.92 Å². The molecule has 1 heterocycles. The SMILES string of the molecule is CCCNc1ccc(C(=O)NCC(COC)OC)cn1. The molecule has 0 spiro atoms. The molecule has 0 bridgehead atoms. The summed E-state index contributed by atoms with van der Waals surface area (Å²) in [7, 11) is 3.19. The smallest absolute Gasteiger partial charge is 0.252 e. The Morgan fingerprint density at radius 2 is 2.20 bits per heavy atom. The van der Waals surface area contributed by atoms with Crippen molar-refractivity contribution >= 4 is 11.7 Å². The van der Waals surface area contributed by atoms with E-state index in [1.165, 1.54) is 0 Å². The summed E-state index contributed by atoms with van der Waals surface area (Å²) in [5.74, 6) is 0.607. The molecule has 0 aliphatic carbocycles. The van der Waals surface area contributed by atoms with Gasteiger partial charge in [0.1, 0.15) is 5.82 Å². The highest BCUT2D eigenvalue weighted by Crippen LogP contribution is 2.05. The van der Waals surface area contributed by atoms with E-state index in [-0.39, 0.29) is 12.0 Å². The van der Waals surface area contributed by atoms with E-state index in [0.717, 1.165) is 18.8 Å². The lowest BCUT2D eigenvalue weighted by Gasteiger charge is -2.15. The van der Waals surface area contributed by atoms with E-state index in [2.05, 4.69) is 22.5 Å². The molecule has 6 heteroatoms. The molecule has 0 aliphatic heterocycles. The Hall–Kier alpha value is -1.66. The Morgan fingerprint density at radius 3 is 2.75 bits per heavy atom. The topological polar surface area (TPSA) is 72.5 Å². The Kier molecular flexibility index (Phi) is 7.60. The van der Waals surface area contributed by atoms with E-state index in [1.54, 1.807) is 32.5 Å². The standard InChI is InChI=1S/C14H23N3O3/c1-4-7-15-13-6-5-11(8-16-13)14(18)17-9-12(20-3)10-19-2/h5-6,8,12H,4,7,9-10H2,1-3H3,(H,15,16)(H,17,18). The Morgan fingerprint density at radius 1 is 1.40 bits per heavy atom. The van der Waals surface area contributed by atoms with E-state index < -0.39 is 0 Å². The molecular formula is C14H23N3O3. The van der Waals surface area contributed by atoms with Gasteiger partial charge in [0.2, 0.25) is 0 Å². The van der Waals surface area contributed by atoms with Crippen LogP contribution in [-0.4, -0.2) is 50.9 Å². The number of pyridine rings is 1. The van der Waals surface area contributed by atoms with Crippen LogP contribution in [0.5, 0.6) is 0 Å². The number of hydrogen-bond donors (Lipinski definition) is 2. The van der Waals surface area contributed by atoms with Crippen LogP contribution in [0.15, 0.2) is 18.3 Å². The minimum absolute atomic E-state index is 0.151. The molecule has 1 atom stereocenters. The second-order valence-electron chi connectivity index (χ2n) is 4.38. The molecule has 1 unspecified atom stereocenters. The number of nitrogens with zero attached hydrogens (tertiary/aromatic N) is 1. The van der Waals surface area contributed by atoms with E-state index in [4.69, 9.17) is 9.47 Å². The molecule has 1 rings (SSSR count). The summed E-state index contributed by atoms with van der Waals surface area (Å²) in [6.45, 7) is 3.79. The highest BCUT2D eigenvalue weighted by atomic mass is 16.5. The number of rotatable bonds is 9. The first-order valence-electron chi connectivity index (χ1n) is 6.71. The predicted octanol–water partition coefficient (Wildman–Crippen LogP) is 1.29. The Bertz CT molecular complexity index is 395. The minimum Gasteiger partial charge on any atom is -0.382 e. The minimum atomic E-state index is -0.169. The van der Waals surface area contributed by atoms with Crippen LogP contribution >= 0.6 is 0 Å². The number of carbonyl (C=O) groups excluding carboxylic acids is 1. The van der Waals surface area contributed by atoms with Gasteiger partial charge < -0.3 is 20.1 Å². The fourth-order valence-corrected chi connectivity index (χ4v) is 1.59. The zero-order valence-corrected chi connectivity index (χ0v) is 12.3. The Balaban J connectivity index is 2.46. The quantitative estimate of drug-likeness (QED) is 0.713. The molecule has 1 aromatic rings. The van der Waals surface area contributed by atoms with Crippen LogP contribution in [0.1, 0.15) is 23.7 Å². The lowest BCUT2D eigenvalue weighted by atomic mass is 10.2. The summed E-state index contributed by atoms with van der Waals surface area (Å²) >= 11 is 0. The normalized spacial score (nSPS) is 11.9. The van der Waals surface area contributed by atoms with Gasteiger partial charge >= 0.3 is 0 Å². The lowest BCUT2D eigenvalue weighted by Crippen LogP contribution is -2.35. The van der Waals surface area contributed by atoms with Crippen molar-refractivity contribution in [3.63, 3.8) is 0 Å². The van der Waals surface area contributed by atoms with Gasteiger partial charge in [-0.15, -0.1) is 0 Å². The van der Waals surface area contributed by atoms with E-state index in [9.17, 15) is 4.79 Å². The first kappa shape index (κ1) is 16.4. The Labute approximate surface area is 119 Å². The van der Waals surface area contributed by atoms with Crippen LogP contribution in [0.4, 0.5) is 5.82 Å². The van der Waals surface area contributed by atoms with E-state index >= 15 is 0 Å². The van der Waals surface area contributed by atoms with Crippen LogP contribution in [0.3, 0.4) is 0 Å². The number of carbonyl (C=O) groups is 1. The number of hydrogen-bond acceptors (Lipinski definition) is 5. The van der Waals surface area contributed by atoms with Gasteiger partial charge in [0, 0.05) is 33.5 Å². The lowest BCUT2D eigenvalue weighted by molar-refractivity contribution is 0.0285. The molecule has 0 saturated heterocycles. The average molecular weight is 281 g/mol. The van der Waals surface area contributed by atoms with Crippen molar-refractivity contribution in [3.05, 3.63) is 23.9 Å². The van der Waals surface area contributed by atoms with Crippen LogP contribution < -0.4 is 10.6 Å². The summed E-state index contributed by atoms with van der Waals surface area (Å²) in [5, 5.41) is 5.95. The zero-order chi connectivity index (χ0) is 14.8. The van der Waals surface area contributed by atoms with Crippen molar-refractivity contribution in [2.75, 3.05) is 39.2 Å². The molecule has 0 saturated carbocycles. The maximum Gasteiger partial charge on any atom is 0.252 e. The van der Waals surface area contributed by atoms with E-state index in [0.29, 0.717) is 18.7 Å². The fraction of sp³-hybridized carbons (Fsp3) is 0.571. The van der Waals surface area contributed by atoms with Crippen LogP contribution in [0, 0.1) is 0 Å². The van der Waals surface area contributed by atoms with Crippen LogP contribution in [0.2, 0.25) is 0 Å². The molecule has 2 N–H and O–H groups in total. The number of amides is 1. The number of nitrogens with one attached hydrogen (secondary N) is 2. The molecule has 0 fully saturated rings. The van der Waals surface area contributed by atoms with Gasteiger partial charge in [0.05, 0.1) is 18.3 Å². The molecular weight excluding hydrogens is 258 g/mol. The molecule has 0 radical (unpaired) electrons. The summed E-state index contributed by atoms with van der Waals surface area (Å²) in [4.78, 5) is 16.1. The summed E-state index contributed by atoms with van der Waals surface area (Å²) in [5.41, 5.74) is 0.527. The molecule has 1 aromatic heterocycles. The summed E-state index contributed by atoms with van der Waals surface area (Å²) in [6.07, 6.45) is 2.44. The molecule has 112 valence electrons. The van der Waals surface area contributed by atoms with Gasteiger partial charge in [0.25, 0.3) is 5.91 Å². The van der Waals surface area contributed by atoms with Crippen molar-refractivity contribution in [2.45, 2.75) is 19.4 Å². The summed E-state index contributed by atoms with van der Waals surface area (Å²) < 4.78 is 10.2. The first-order chi connectivity index (χ1) is 9.71. The second kappa shape index (κ2) is 9.28. The van der Waals surface area contributed by atoms with Crippen molar-refractivity contribution in [1.29, 1.82) is 0 Å². The van der Waals surface area contributed by atoms with Crippen LogP contribution in [-0.2, 0) is 9.47 Å². The maximum absolute atomic E-state index is 11.9. The van der Waals surface area contributed by atoms with Crippen molar-refractivity contribution in [2.24, 2.45) is 0 Å². The van der Waals surface area contributed by atoms with Crippen LogP contribution in [0.25, 0.3) is 0 Å². The van der Waals surface area contributed by atoms with Gasteiger partial charge in [0.15, 0.2) is 0 Å². The molecule has 6 nitrogen and oxygen atoms in total. The third kappa shape index (κ3) is 5.54.